The van der Waals surface area contributed by atoms with Gasteiger partial charge < -0.3 is 25.8 Å². The van der Waals surface area contributed by atoms with Crippen molar-refractivity contribution in [3.05, 3.63) is 53.4 Å². The number of hydrogen-bond donors (Lipinski definition) is 5. The maximum Gasteiger partial charge on any atom is 0.290 e. The molecule has 5 N–H and O–H groups in total. The fourth-order valence-corrected chi connectivity index (χ4v) is 3.48. The van der Waals surface area contributed by atoms with Gasteiger partial charge in [-0.1, -0.05) is 6.07 Å². The Bertz CT molecular complexity index is 875. The zero-order valence-corrected chi connectivity index (χ0v) is 17.2. The van der Waals surface area contributed by atoms with Gasteiger partial charge in [-0.05, 0) is 43.9 Å². The highest BCUT2D eigenvalue weighted by atomic mass is 19.1. The molecule has 1 aliphatic carbocycles. The van der Waals surface area contributed by atoms with Crippen molar-refractivity contribution < 1.29 is 29.0 Å². The molecule has 2 amide bonds. The summed E-state index contributed by atoms with van der Waals surface area (Å²) in [4.78, 5) is 40.3. The fourth-order valence-electron chi connectivity index (χ4n) is 3.48. The summed E-state index contributed by atoms with van der Waals surface area (Å²) < 4.78 is 14.0. The number of hydrogen-bond acceptors (Lipinski definition) is 5. The predicted molar refractivity (Wildman–Crippen MR) is 110 cm³/mol. The number of aromatic amines is 1. The van der Waals surface area contributed by atoms with E-state index in [1.807, 2.05) is 0 Å². The molecule has 0 spiro atoms. The number of aromatic nitrogens is 2. The van der Waals surface area contributed by atoms with Crippen molar-refractivity contribution in [3.8, 4) is 0 Å². The number of rotatable bonds is 6. The van der Waals surface area contributed by atoms with Crippen LogP contribution in [0.3, 0.4) is 0 Å². The summed E-state index contributed by atoms with van der Waals surface area (Å²) in [5.74, 6) is -0.813. The average molecular weight is 434 g/mol. The van der Waals surface area contributed by atoms with E-state index in [1.54, 1.807) is 25.4 Å². The maximum atomic E-state index is 14.0. The molecule has 0 saturated heterocycles. The molecule has 0 unspecified atom stereocenters. The van der Waals surface area contributed by atoms with Crippen molar-refractivity contribution in [1.29, 1.82) is 0 Å². The van der Waals surface area contributed by atoms with Crippen molar-refractivity contribution in [1.82, 2.24) is 20.6 Å². The molecular formula is C21H27FN4O5. The summed E-state index contributed by atoms with van der Waals surface area (Å²) in [6.07, 6.45) is 4.47. The van der Waals surface area contributed by atoms with Gasteiger partial charge in [0.15, 0.2) is 0 Å². The maximum absolute atomic E-state index is 14.0. The van der Waals surface area contributed by atoms with Crippen molar-refractivity contribution in [2.24, 2.45) is 5.92 Å². The smallest absolute Gasteiger partial charge is 0.290 e. The number of aliphatic hydroxyl groups excluding tert-OH is 1. The van der Waals surface area contributed by atoms with Crippen LogP contribution in [0, 0.1) is 18.7 Å². The molecule has 0 bridgehead atoms. The van der Waals surface area contributed by atoms with E-state index in [0.29, 0.717) is 32.2 Å². The minimum atomic E-state index is -0.760. The summed E-state index contributed by atoms with van der Waals surface area (Å²) in [5, 5.41) is 22.7. The lowest BCUT2D eigenvalue weighted by Gasteiger charge is -2.33. The lowest BCUT2D eigenvalue weighted by Crippen LogP contribution is -2.49. The molecule has 1 saturated carbocycles. The van der Waals surface area contributed by atoms with Gasteiger partial charge in [0, 0.05) is 31.3 Å². The minimum absolute atomic E-state index is 0.0668. The first-order valence-electron chi connectivity index (χ1n) is 9.94. The third-order valence-corrected chi connectivity index (χ3v) is 5.09. The van der Waals surface area contributed by atoms with Gasteiger partial charge >= 0.3 is 0 Å². The molecule has 9 nitrogen and oxygen atoms in total. The molecule has 0 radical (unpaired) electrons. The third kappa shape index (κ3) is 7.18. The van der Waals surface area contributed by atoms with Crippen LogP contribution in [-0.4, -0.2) is 57.2 Å². The second-order valence-corrected chi connectivity index (χ2v) is 7.32. The molecule has 3 rings (SSSR count). The van der Waals surface area contributed by atoms with Gasteiger partial charge in [-0.2, -0.15) is 0 Å². The van der Waals surface area contributed by atoms with Crippen LogP contribution >= 0.6 is 0 Å². The number of benzene rings is 1. The Morgan fingerprint density at radius 1 is 1.35 bits per heavy atom. The van der Waals surface area contributed by atoms with E-state index in [0.717, 1.165) is 11.4 Å². The zero-order valence-electron chi connectivity index (χ0n) is 17.2. The van der Waals surface area contributed by atoms with E-state index in [2.05, 4.69) is 20.6 Å². The van der Waals surface area contributed by atoms with Gasteiger partial charge in [0.1, 0.15) is 11.6 Å². The number of halogens is 1. The van der Waals surface area contributed by atoms with E-state index in [4.69, 9.17) is 9.90 Å². The highest BCUT2D eigenvalue weighted by molar-refractivity contribution is 5.94. The van der Waals surface area contributed by atoms with E-state index in [9.17, 15) is 19.1 Å². The average Bonchev–Trinajstić information content (AvgIpc) is 3.23. The van der Waals surface area contributed by atoms with E-state index in [-0.39, 0.29) is 23.9 Å². The Hall–Kier alpha value is -3.27. The SMILES string of the molecule is Cc1ccc(C(=O)N[C@@H]2C[C@@H](C(=O)NCCc3ncc[nH]3)CC[C@H]2O)c(F)c1.O=CO. The van der Waals surface area contributed by atoms with Crippen LogP contribution in [0.15, 0.2) is 30.6 Å². The highest BCUT2D eigenvalue weighted by Crippen LogP contribution is 2.25. The van der Waals surface area contributed by atoms with Gasteiger partial charge in [0.2, 0.25) is 5.91 Å². The first-order valence-corrected chi connectivity index (χ1v) is 9.94. The standard InChI is InChI=1S/C20H25FN4O3.CH2O2/c1-12-2-4-14(15(21)10-12)20(28)25-16-11-13(3-5-17(16)26)19(27)24-7-6-18-22-8-9-23-18;2-1-3/h2,4,8-10,13,16-17,26H,3,5-7,11H2,1H3,(H,22,23)(H,24,27)(H,25,28);1H,(H,2,3)/t13-,16+,17+;/m0./s1. The molecule has 1 aliphatic rings. The topological polar surface area (TPSA) is 144 Å². The predicted octanol–water partition coefficient (Wildman–Crippen LogP) is 1.18. The second kappa shape index (κ2) is 11.8. The number of aliphatic hydroxyl groups is 1. The van der Waals surface area contributed by atoms with Crippen LogP contribution in [0.25, 0.3) is 0 Å². The quantitative estimate of drug-likeness (QED) is 0.432. The Morgan fingerprint density at radius 2 is 2.10 bits per heavy atom. The molecule has 10 heteroatoms. The van der Waals surface area contributed by atoms with Gasteiger partial charge in [0.05, 0.1) is 17.7 Å². The number of aryl methyl sites for hydroxylation is 1. The Morgan fingerprint density at radius 3 is 2.74 bits per heavy atom. The van der Waals surface area contributed by atoms with Crippen molar-refractivity contribution in [2.75, 3.05) is 6.54 Å². The number of imidazole rings is 1. The van der Waals surface area contributed by atoms with Gasteiger partial charge in [-0.25, -0.2) is 9.37 Å². The molecular weight excluding hydrogens is 407 g/mol. The molecule has 3 atom stereocenters. The van der Waals surface area contributed by atoms with Crippen LogP contribution in [0.2, 0.25) is 0 Å². The normalized spacial score (nSPS) is 20.2. The lowest BCUT2D eigenvalue weighted by molar-refractivity contribution is -0.127. The molecule has 31 heavy (non-hydrogen) atoms. The number of nitrogens with zero attached hydrogens (tertiary/aromatic N) is 1. The molecule has 1 heterocycles. The largest absolute Gasteiger partial charge is 0.483 e. The summed E-state index contributed by atoms with van der Waals surface area (Å²) in [5.41, 5.74) is 0.654. The Labute approximate surface area is 179 Å². The summed E-state index contributed by atoms with van der Waals surface area (Å²) in [6, 6.07) is 3.78. The Balaban J connectivity index is 0.00000107. The van der Waals surface area contributed by atoms with E-state index >= 15 is 0 Å². The van der Waals surface area contributed by atoms with Crippen LogP contribution in [0.5, 0.6) is 0 Å². The van der Waals surface area contributed by atoms with Crippen molar-refractivity contribution in [2.45, 2.75) is 44.8 Å². The van der Waals surface area contributed by atoms with Gasteiger partial charge in [-0.3, -0.25) is 14.4 Å². The number of amides is 2. The Kier molecular flexibility index (Phi) is 9.13. The van der Waals surface area contributed by atoms with Crippen LogP contribution in [0.4, 0.5) is 4.39 Å². The first kappa shape index (κ1) is 24.0. The number of nitrogens with one attached hydrogen (secondary N) is 3. The van der Waals surface area contributed by atoms with Gasteiger partial charge in [0.25, 0.3) is 12.4 Å². The van der Waals surface area contributed by atoms with Crippen LogP contribution in [-0.2, 0) is 16.0 Å². The van der Waals surface area contributed by atoms with Crippen molar-refractivity contribution >= 4 is 18.3 Å². The van der Waals surface area contributed by atoms with Crippen LogP contribution < -0.4 is 10.6 Å². The molecule has 168 valence electrons. The highest BCUT2D eigenvalue weighted by Gasteiger charge is 2.34. The summed E-state index contributed by atoms with van der Waals surface area (Å²) in [7, 11) is 0. The number of H-pyrrole nitrogens is 1. The van der Waals surface area contributed by atoms with E-state index in [1.165, 1.54) is 12.1 Å². The van der Waals surface area contributed by atoms with E-state index < -0.39 is 23.9 Å². The lowest BCUT2D eigenvalue weighted by atomic mass is 9.83. The van der Waals surface area contributed by atoms with Crippen LogP contribution in [0.1, 0.15) is 41.0 Å². The third-order valence-electron chi connectivity index (χ3n) is 5.09. The molecule has 2 aromatic rings. The number of carbonyl (C=O) groups is 3. The van der Waals surface area contributed by atoms with Crippen molar-refractivity contribution in [3.63, 3.8) is 0 Å². The number of carboxylic acid groups (broad SMARTS) is 1. The molecule has 0 aliphatic heterocycles. The second-order valence-electron chi connectivity index (χ2n) is 7.32. The summed E-state index contributed by atoms with van der Waals surface area (Å²) >= 11 is 0. The monoisotopic (exact) mass is 434 g/mol. The fraction of sp³-hybridized carbons (Fsp3) is 0.429. The summed E-state index contributed by atoms with van der Waals surface area (Å²) in [6.45, 7) is 1.95. The molecule has 1 aromatic heterocycles. The number of carbonyl (C=O) groups excluding carboxylic acids is 2. The minimum Gasteiger partial charge on any atom is -0.483 e. The van der Waals surface area contributed by atoms with Gasteiger partial charge in [-0.15, -0.1) is 0 Å². The zero-order chi connectivity index (χ0) is 22.8. The first-order chi connectivity index (χ1) is 14.8. The molecule has 1 aromatic carbocycles. The molecule has 1 fully saturated rings.